The molecule has 1 heterocycles. The summed E-state index contributed by atoms with van der Waals surface area (Å²) in [7, 11) is 0. The van der Waals surface area contributed by atoms with E-state index in [9.17, 15) is 13.6 Å². The van der Waals surface area contributed by atoms with Gasteiger partial charge in [-0.15, -0.1) is 0 Å². The first kappa shape index (κ1) is 12.3. The zero-order valence-electron chi connectivity index (χ0n) is 9.70. The van der Waals surface area contributed by atoms with Gasteiger partial charge in [-0.2, -0.15) is 0 Å². The average Bonchev–Trinajstić information content (AvgIpc) is 2.61. The average molecular weight is 254 g/mol. The Hall–Kier alpha value is -2.18. The molecule has 5 nitrogen and oxygen atoms in total. The molecule has 1 aromatic heterocycles. The first-order valence-corrected chi connectivity index (χ1v) is 5.35. The first-order valence-electron chi connectivity index (χ1n) is 5.35. The van der Waals surface area contributed by atoms with Crippen molar-refractivity contribution >= 4 is 22.9 Å². The second-order valence-corrected chi connectivity index (χ2v) is 3.83. The Morgan fingerprint density at radius 2 is 2.22 bits per heavy atom. The van der Waals surface area contributed by atoms with Crippen molar-refractivity contribution in [1.29, 1.82) is 0 Å². The minimum atomic E-state index is -0.987. The van der Waals surface area contributed by atoms with E-state index in [0.29, 0.717) is 0 Å². The standard InChI is InChI=1S/C11H12F2N4O/c1-6(18)15-4-5-17-10-8(16-11(17)14)3-2-7(12)9(10)13/h2-3H,4-5H2,1H3,(H2,14,16)(H,15,18). The first-order chi connectivity index (χ1) is 8.50. The number of nitrogens with two attached hydrogens (primary N) is 1. The van der Waals surface area contributed by atoms with Gasteiger partial charge in [-0.05, 0) is 12.1 Å². The third kappa shape index (κ3) is 2.11. The maximum Gasteiger partial charge on any atom is 0.216 e. The molecule has 0 atom stereocenters. The summed E-state index contributed by atoms with van der Waals surface area (Å²) in [4.78, 5) is 14.7. The maximum absolute atomic E-state index is 13.7. The minimum absolute atomic E-state index is 0.0119. The van der Waals surface area contributed by atoms with Crippen LogP contribution >= 0.6 is 0 Å². The molecule has 2 aromatic rings. The summed E-state index contributed by atoms with van der Waals surface area (Å²) >= 11 is 0. The molecule has 0 fully saturated rings. The largest absolute Gasteiger partial charge is 0.369 e. The van der Waals surface area contributed by atoms with Gasteiger partial charge in [-0.1, -0.05) is 0 Å². The number of hydrogen-bond acceptors (Lipinski definition) is 3. The van der Waals surface area contributed by atoms with Gasteiger partial charge >= 0.3 is 0 Å². The molecule has 0 aliphatic rings. The Morgan fingerprint density at radius 3 is 2.89 bits per heavy atom. The molecule has 0 aliphatic heterocycles. The molecule has 0 aliphatic carbocycles. The van der Waals surface area contributed by atoms with E-state index in [1.54, 1.807) is 0 Å². The van der Waals surface area contributed by atoms with Gasteiger partial charge in [0.2, 0.25) is 11.9 Å². The highest BCUT2D eigenvalue weighted by Crippen LogP contribution is 2.22. The Labute approximate surface area is 102 Å². The topological polar surface area (TPSA) is 72.9 Å². The number of hydrogen-bond donors (Lipinski definition) is 2. The predicted octanol–water partition coefficient (Wildman–Crippen LogP) is 1.03. The molecule has 2 rings (SSSR count). The van der Waals surface area contributed by atoms with Crippen LogP contribution < -0.4 is 11.1 Å². The van der Waals surface area contributed by atoms with E-state index < -0.39 is 11.6 Å². The van der Waals surface area contributed by atoms with Gasteiger partial charge in [0, 0.05) is 20.0 Å². The molecule has 0 bridgehead atoms. The number of halogens is 2. The third-order valence-corrected chi connectivity index (χ3v) is 2.54. The fourth-order valence-electron chi connectivity index (χ4n) is 1.75. The molecule has 0 saturated carbocycles. The molecule has 0 unspecified atom stereocenters. The van der Waals surface area contributed by atoms with Crippen LogP contribution in [0.1, 0.15) is 6.92 Å². The Bertz CT molecular complexity index is 609. The number of rotatable bonds is 3. The number of imidazole rings is 1. The van der Waals surface area contributed by atoms with Gasteiger partial charge in [0.1, 0.15) is 5.52 Å². The lowest BCUT2D eigenvalue weighted by molar-refractivity contribution is -0.118. The molecule has 3 N–H and O–H groups in total. The van der Waals surface area contributed by atoms with E-state index in [-0.39, 0.29) is 36.0 Å². The Balaban J connectivity index is 2.39. The normalized spacial score (nSPS) is 10.8. The van der Waals surface area contributed by atoms with Crippen molar-refractivity contribution in [1.82, 2.24) is 14.9 Å². The van der Waals surface area contributed by atoms with E-state index in [1.165, 1.54) is 17.6 Å². The molecule has 1 amide bonds. The maximum atomic E-state index is 13.7. The van der Waals surface area contributed by atoms with E-state index in [1.807, 2.05) is 0 Å². The molecule has 18 heavy (non-hydrogen) atoms. The lowest BCUT2D eigenvalue weighted by Gasteiger charge is -2.07. The van der Waals surface area contributed by atoms with Crippen LogP contribution in [0.5, 0.6) is 0 Å². The summed E-state index contributed by atoms with van der Waals surface area (Å²) < 4.78 is 28.2. The molecular weight excluding hydrogens is 242 g/mol. The smallest absolute Gasteiger partial charge is 0.216 e. The molecule has 1 aromatic carbocycles. The van der Waals surface area contributed by atoms with Crippen molar-refractivity contribution < 1.29 is 13.6 Å². The van der Waals surface area contributed by atoms with Gasteiger partial charge in [0.05, 0.1) is 5.52 Å². The number of nitrogens with one attached hydrogen (secondary N) is 1. The van der Waals surface area contributed by atoms with Crippen LogP contribution in [0, 0.1) is 11.6 Å². The van der Waals surface area contributed by atoms with Crippen LogP contribution in [-0.2, 0) is 11.3 Å². The number of amides is 1. The Kier molecular flexibility index (Phi) is 3.14. The highest BCUT2D eigenvalue weighted by molar-refractivity contribution is 5.79. The van der Waals surface area contributed by atoms with Crippen LogP contribution in [0.25, 0.3) is 11.0 Å². The molecule has 7 heteroatoms. The molecule has 0 saturated heterocycles. The summed E-state index contributed by atoms with van der Waals surface area (Å²) in [5, 5.41) is 2.55. The fourth-order valence-corrected chi connectivity index (χ4v) is 1.75. The van der Waals surface area contributed by atoms with Crippen LogP contribution in [-0.4, -0.2) is 22.0 Å². The van der Waals surface area contributed by atoms with Crippen molar-refractivity contribution in [2.45, 2.75) is 13.5 Å². The lowest BCUT2D eigenvalue weighted by atomic mass is 10.3. The highest BCUT2D eigenvalue weighted by atomic mass is 19.2. The molecule has 96 valence electrons. The van der Waals surface area contributed by atoms with E-state index in [0.717, 1.165) is 6.07 Å². The van der Waals surface area contributed by atoms with Gasteiger partial charge in [-0.3, -0.25) is 4.79 Å². The van der Waals surface area contributed by atoms with Crippen LogP contribution in [0.15, 0.2) is 12.1 Å². The summed E-state index contributed by atoms with van der Waals surface area (Å²) in [6.07, 6.45) is 0. The third-order valence-electron chi connectivity index (χ3n) is 2.54. The van der Waals surface area contributed by atoms with Gasteiger partial charge in [0.25, 0.3) is 0 Å². The van der Waals surface area contributed by atoms with Crippen molar-refractivity contribution in [3.63, 3.8) is 0 Å². The zero-order chi connectivity index (χ0) is 13.3. The lowest BCUT2D eigenvalue weighted by Crippen LogP contribution is -2.25. The van der Waals surface area contributed by atoms with Crippen LogP contribution in [0.4, 0.5) is 14.7 Å². The quantitative estimate of drug-likeness (QED) is 0.859. The SMILES string of the molecule is CC(=O)NCCn1c(N)nc2ccc(F)c(F)c21. The monoisotopic (exact) mass is 254 g/mol. The van der Waals surface area contributed by atoms with Crippen molar-refractivity contribution in [2.75, 3.05) is 12.3 Å². The highest BCUT2D eigenvalue weighted by Gasteiger charge is 2.15. The van der Waals surface area contributed by atoms with Crippen molar-refractivity contribution in [2.24, 2.45) is 0 Å². The van der Waals surface area contributed by atoms with Gasteiger partial charge in [-0.25, -0.2) is 13.8 Å². The second kappa shape index (κ2) is 4.59. The van der Waals surface area contributed by atoms with Crippen LogP contribution in [0.2, 0.25) is 0 Å². The van der Waals surface area contributed by atoms with Crippen LogP contribution in [0.3, 0.4) is 0 Å². The van der Waals surface area contributed by atoms with Gasteiger partial charge in [0.15, 0.2) is 11.6 Å². The van der Waals surface area contributed by atoms with Crippen molar-refractivity contribution in [3.8, 4) is 0 Å². The number of fused-ring (bicyclic) bond motifs is 1. The minimum Gasteiger partial charge on any atom is -0.369 e. The summed E-state index contributed by atoms with van der Waals surface area (Å²) in [5.41, 5.74) is 5.94. The number of carbonyl (C=O) groups is 1. The second-order valence-electron chi connectivity index (χ2n) is 3.83. The van der Waals surface area contributed by atoms with E-state index in [2.05, 4.69) is 10.3 Å². The number of nitrogens with zero attached hydrogens (tertiary/aromatic N) is 2. The van der Waals surface area contributed by atoms with Gasteiger partial charge < -0.3 is 15.6 Å². The Morgan fingerprint density at radius 1 is 1.50 bits per heavy atom. The number of carbonyl (C=O) groups excluding carboxylic acids is 1. The fraction of sp³-hybridized carbons (Fsp3) is 0.273. The summed E-state index contributed by atoms with van der Waals surface area (Å²) in [6.45, 7) is 1.86. The summed E-state index contributed by atoms with van der Waals surface area (Å²) in [5.74, 6) is -2.06. The van der Waals surface area contributed by atoms with Crippen molar-refractivity contribution in [3.05, 3.63) is 23.8 Å². The molecular formula is C11H12F2N4O. The predicted molar refractivity (Wildman–Crippen MR) is 62.7 cm³/mol. The zero-order valence-corrected chi connectivity index (χ0v) is 9.70. The van der Waals surface area contributed by atoms with E-state index in [4.69, 9.17) is 5.73 Å². The number of benzene rings is 1. The number of aromatic nitrogens is 2. The molecule has 0 radical (unpaired) electrons. The number of nitrogen functional groups attached to an aromatic ring is 1. The number of anilines is 1. The van der Waals surface area contributed by atoms with E-state index >= 15 is 0 Å². The molecule has 0 spiro atoms. The summed E-state index contributed by atoms with van der Waals surface area (Å²) in [6, 6.07) is 2.36.